The first-order valence-corrected chi connectivity index (χ1v) is 6.37. The lowest BCUT2D eigenvalue weighted by atomic mass is 10.2. The van der Waals surface area contributed by atoms with Crippen LogP contribution in [0.5, 0.6) is 11.5 Å². The summed E-state index contributed by atoms with van der Waals surface area (Å²) in [7, 11) is 1.57. The normalized spacial score (nSPS) is 10.2. The molecule has 0 saturated heterocycles. The van der Waals surface area contributed by atoms with E-state index in [2.05, 4.69) is 0 Å². The summed E-state index contributed by atoms with van der Waals surface area (Å²) in [5.41, 5.74) is 7.43. The van der Waals surface area contributed by atoms with Gasteiger partial charge in [0.25, 0.3) is 5.69 Å². The summed E-state index contributed by atoms with van der Waals surface area (Å²) in [6.07, 6.45) is 0. The van der Waals surface area contributed by atoms with Gasteiger partial charge in [-0.15, -0.1) is 0 Å². The Morgan fingerprint density at radius 2 is 1.76 bits per heavy atom. The first-order valence-electron chi connectivity index (χ1n) is 6.37. The van der Waals surface area contributed by atoms with Crippen molar-refractivity contribution in [2.45, 2.75) is 13.2 Å². The van der Waals surface area contributed by atoms with Gasteiger partial charge in [0.2, 0.25) is 0 Å². The zero-order valence-corrected chi connectivity index (χ0v) is 11.6. The molecule has 2 aromatic rings. The van der Waals surface area contributed by atoms with Crippen LogP contribution in [0.1, 0.15) is 11.1 Å². The van der Waals surface area contributed by atoms with Crippen molar-refractivity contribution in [3.63, 3.8) is 0 Å². The molecule has 0 aliphatic heterocycles. The molecule has 0 amide bonds. The van der Waals surface area contributed by atoms with Crippen LogP contribution in [0.2, 0.25) is 0 Å². The van der Waals surface area contributed by atoms with Crippen LogP contribution in [0.3, 0.4) is 0 Å². The number of nitrogens with zero attached hydrogens (tertiary/aromatic N) is 1. The zero-order chi connectivity index (χ0) is 15.2. The molecular weight excluding hydrogens is 272 g/mol. The number of nitro benzene ring substituents is 1. The number of non-ortho nitro benzene ring substituents is 1. The zero-order valence-electron chi connectivity index (χ0n) is 11.6. The SMILES string of the molecule is COc1ccc(CN)cc1OCc1ccc([N+](=O)[O-])cc1. The standard InChI is InChI=1S/C15H16N2O4/c1-20-14-7-4-12(9-16)8-15(14)21-10-11-2-5-13(6-3-11)17(18)19/h2-8H,9-10,16H2,1H3. The Hall–Kier alpha value is -2.60. The van der Waals surface area contributed by atoms with Gasteiger partial charge in [-0.25, -0.2) is 0 Å². The number of rotatable bonds is 6. The molecule has 2 N–H and O–H groups in total. The summed E-state index contributed by atoms with van der Waals surface area (Å²) in [6.45, 7) is 0.709. The highest BCUT2D eigenvalue weighted by Gasteiger charge is 2.07. The maximum absolute atomic E-state index is 10.6. The molecule has 6 heteroatoms. The van der Waals surface area contributed by atoms with Gasteiger partial charge in [0.15, 0.2) is 11.5 Å². The number of methoxy groups -OCH3 is 1. The summed E-state index contributed by atoms with van der Waals surface area (Å²) >= 11 is 0. The number of benzene rings is 2. The quantitative estimate of drug-likeness (QED) is 0.652. The Balaban J connectivity index is 2.10. The fraction of sp³-hybridized carbons (Fsp3) is 0.200. The van der Waals surface area contributed by atoms with Crippen molar-refractivity contribution in [2.75, 3.05) is 7.11 Å². The van der Waals surface area contributed by atoms with Gasteiger partial charge in [0.05, 0.1) is 12.0 Å². The summed E-state index contributed by atoms with van der Waals surface area (Å²) in [5, 5.41) is 10.6. The van der Waals surface area contributed by atoms with Crippen LogP contribution >= 0.6 is 0 Å². The maximum atomic E-state index is 10.6. The highest BCUT2D eigenvalue weighted by molar-refractivity contribution is 5.43. The fourth-order valence-corrected chi connectivity index (χ4v) is 1.84. The van der Waals surface area contributed by atoms with Crippen molar-refractivity contribution in [1.82, 2.24) is 0 Å². The van der Waals surface area contributed by atoms with Crippen molar-refractivity contribution in [2.24, 2.45) is 5.73 Å². The van der Waals surface area contributed by atoms with Crippen molar-refractivity contribution < 1.29 is 14.4 Å². The lowest BCUT2D eigenvalue weighted by molar-refractivity contribution is -0.384. The average molecular weight is 288 g/mol. The van der Waals surface area contributed by atoms with Gasteiger partial charge in [0.1, 0.15) is 6.61 Å². The molecule has 0 aromatic heterocycles. The smallest absolute Gasteiger partial charge is 0.269 e. The van der Waals surface area contributed by atoms with E-state index in [4.69, 9.17) is 15.2 Å². The molecule has 0 fully saturated rings. The van der Waals surface area contributed by atoms with Crippen molar-refractivity contribution in [3.8, 4) is 11.5 Å². The average Bonchev–Trinajstić information content (AvgIpc) is 2.52. The minimum absolute atomic E-state index is 0.0569. The Morgan fingerprint density at radius 3 is 2.33 bits per heavy atom. The third-order valence-electron chi connectivity index (χ3n) is 3.01. The monoisotopic (exact) mass is 288 g/mol. The largest absolute Gasteiger partial charge is 0.493 e. The Bertz CT molecular complexity index is 626. The molecule has 0 saturated carbocycles. The van der Waals surface area contributed by atoms with Gasteiger partial charge < -0.3 is 15.2 Å². The summed E-state index contributed by atoms with van der Waals surface area (Å²) in [5.74, 6) is 1.22. The van der Waals surface area contributed by atoms with E-state index in [1.54, 1.807) is 25.3 Å². The van der Waals surface area contributed by atoms with Crippen LogP contribution in [0, 0.1) is 10.1 Å². The molecule has 2 rings (SSSR count). The third-order valence-corrected chi connectivity index (χ3v) is 3.01. The van der Waals surface area contributed by atoms with Crippen molar-refractivity contribution in [3.05, 3.63) is 63.7 Å². The first-order chi connectivity index (χ1) is 10.1. The van der Waals surface area contributed by atoms with Crippen LogP contribution in [0.4, 0.5) is 5.69 Å². The van der Waals surface area contributed by atoms with Crippen LogP contribution in [-0.4, -0.2) is 12.0 Å². The third kappa shape index (κ3) is 3.70. The molecule has 0 aliphatic rings. The minimum Gasteiger partial charge on any atom is -0.493 e. The summed E-state index contributed by atoms with van der Waals surface area (Å²) in [4.78, 5) is 10.2. The van der Waals surface area contributed by atoms with E-state index in [1.165, 1.54) is 12.1 Å². The minimum atomic E-state index is -0.432. The van der Waals surface area contributed by atoms with Crippen LogP contribution in [0.15, 0.2) is 42.5 Å². The van der Waals surface area contributed by atoms with Gasteiger partial charge in [-0.2, -0.15) is 0 Å². The van der Waals surface area contributed by atoms with E-state index < -0.39 is 4.92 Å². The predicted octanol–water partition coefficient (Wildman–Crippen LogP) is 2.64. The molecule has 0 atom stereocenters. The molecule has 0 unspecified atom stereocenters. The Morgan fingerprint density at radius 1 is 1.10 bits per heavy atom. The molecule has 0 radical (unpaired) electrons. The van der Waals surface area contributed by atoms with Crippen LogP contribution < -0.4 is 15.2 Å². The van der Waals surface area contributed by atoms with E-state index >= 15 is 0 Å². The lowest BCUT2D eigenvalue weighted by Gasteiger charge is -2.12. The van der Waals surface area contributed by atoms with Crippen molar-refractivity contribution >= 4 is 5.69 Å². The first kappa shape index (κ1) is 14.8. The number of nitro groups is 1. The highest BCUT2D eigenvalue weighted by atomic mass is 16.6. The summed E-state index contributed by atoms with van der Waals surface area (Å²) < 4.78 is 10.9. The molecule has 110 valence electrons. The Labute approximate surface area is 122 Å². The molecule has 0 bridgehead atoms. The van der Waals surface area contributed by atoms with Crippen molar-refractivity contribution in [1.29, 1.82) is 0 Å². The van der Waals surface area contributed by atoms with E-state index in [-0.39, 0.29) is 5.69 Å². The van der Waals surface area contributed by atoms with Gasteiger partial charge >= 0.3 is 0 Å². The van der Waals surface area contributed by atoms with Gasteiger partial charge in [0, 0.05) is 18.7 Å². The van der Waals surface area contributed by atoms with E-state index in [1.807, 2.05) is 12.1 Å². The molecule has 2 aromatic carbocycles. The number of hydrogen-bond donors (Lipinski definition) is 1. The Kier molecular flexibility index (Phi) is 4.73. The second-order valence-electron chi connectivity index (χ2n) is 4.40. The molecular formula is C15H16N2O4. The van der Waals surface area contributed by atoms with Crippen LogP contribution in [-0.2, 0) is 13.2 Å². The topological polar surface area (TPSA) is 87.6 Å². The molecule has 0 spiro atoms. The van der Waals surface area contributed by atoms with Gasteiger partial charge in [-0.3, -0.25) is 10.1 Å². The van der Waals surface area contributed by atoms with Gasteiger partial charge in [-0.05, 0) is 35.4 Å². The van der Waals surface area contributed by atoms with E-state index in [9.17, 15) is 10.1 Å². The number of ether oxygens (including phenoxy) is 2. The lowest BCUT2D eigenvalue weighted by Crippen LogP contribution is -2.01. The summed E-state index contributed by atoms with van der Waals surface area (Å²) in [6, 6.07) is 11.7. The van der Waals surface area contributed by atoms with E-state index in [0.717, 1.165) is 11.1 Å². The van der Waals surface area contributed by atoms with Gasteiger partial charge in [-0.1, -0.05) is 6.07 Å². The molecule has 0 aliphatic carbocycles. The maximum Gasteiger partial charge on any atom is 0.269 e. The van der Waals surface area contributed by atoms with Crippen LogP contribution in [0.25, 0.3) is 0 Å². The molecule has 0 heterocycles. The molecule has 6 nitrogen and oxygen atoms in total. The second-order valence-corrected chi connectivity index (χ2v) is 4.40. The second kappa shape index (κ2) is 6.71. The predicted molar refractivity (Wildman–Crippen MR) is 78.3 cm³/mol. The highest BCUT2D eigenvalue weighted by Crippen LogP contribution is 2.28. The fourth-order valence-electron chi connectivity index (χ4n) is 1.84. The van der Waals surface area contributed by atoms with E-state index in [0.29, 0.717) is 24.7 Å². The molecule has 21 heavy (non-hydrogen) atoms. The number of nitrogens with two attached hydrogens (primary N) is 1. The number of hydrogen-bond acceptors (Lipinski definition) is 5.